The second-order valence-corrected chi connectivity index (χ2v) is 9.35. The molecule has 4 heteroatoms. The molecule has 2 aliphatic carbocycles. The molecule has 30 heavy (non-hydrogen) atoms. The molecule has 0 saturated heterocycles. The Kier molecular flexibility index (Phi) is 7.85. The minimum Gasteiger partial charge on any atom is -0.466 e. The third kappa shape index (κ3) is 5.19. The zero-order valence-electron chi connectivity index (χ0n) is 18.6. The number of ether oxygens (including phenoxy) is 1. The lowest BCUT2D eigenvalue weighted by Crippen LogP contribution is -2.34. The van der Waals surface area contributed by atoms with Gasteiger partial charge in [0.05, 0.1) is 12.5 Å². The number of hydrogen-bond acceptors (Lipinski definition) is 4. The summed E-state index contributed by atoms with van der Waals surface area (Å²) in [6.45, 7) is 5.74. The molecule has 2 aliphatic rings. The van der Waals surface area contributed by atoms with Gasteiger partial charge >= 0.3 is 5.97 Å². The molecule has 6 atom stereocenters. The summed E-state index contributed by atoms with van der Waals surface area (Å²) >= 11 is 0. The Hall–Kier alpha value is -1.97. The fraction of sp³-hybridized carbons (Fsp3) is 0.654. The van der Waals surface area contributed by atoms with Crippen molar-refractivity contribution >= 4 is 17.5 Å². The van der Waals surface area contributed by atoms with Gasteiger partial charge in [-0.1, -0.05) is 50.1 Å². The zero-order chi connectivity index (χ0) is 21.7. The van der Waals surface area contributed by atoms with Crippen molar-refractivity contribution in [2.45, 2.75) is 65.7 Å². The molecule has 1 aromatic rings. The summed E-state index contributed by atoms with van der Waals surface area (Å²) in [6, 6.07) is 10.1. The molecule has 3 rings (SSSR count). The number of carbonyl (C=O) groups is 3. The first-order valence-electron chi connectivity index (χ1n) is 11.7. The number of hydrogen-bond donors (Lipinski definition) is 0. The predicted molar refractivity (Wildman–Crippen MR) is 117 cm³/mol. The van der Waals surface area contributed by atoms with E-state index in [9.17, 15) is 14.4 Å². The molecule has 2 saturated carbocycles. The zero-order valence-corrected chi connectivity index (χ0v) is 18.6. The molecule has 0 N–H and O–H groups in total. The van der Waals surface area contributed by atoms with E-state index in [0.29, 0.717) is 31.3 Å². The summed E-state index contributed by atoms with van der Waals surface area (Å²) in [5.74, 6) is 0.226. The van der Waals surface area contributed by atoms with Crippen LogP contribution in [0.3, 0.4) is 0 Å². The third-order valence-electron chi connectivity index (χ3n) is 7.39. The van der Waals surface area contributed by atoms with Crippen molar-refractivity contribution in [3.8, 4) is 0 Å². The maximum atomic E-state index is 13.5. The summed E-state index contributed by atoms with van der Waals surface area (Å²) in [5, 5.41) is 0. The first-order chi connectivity index (χ1) is 14.4. The average Bonchev–Trinajstić information content (AvgIpc) is 3.32. The van der Waals surface area contributed by atoms with E-state index >= 15 is 0 Å². The lowest BCUT2D eigenvalue weighted by Gasteiger charge is -2.26. The predicted octanol–water partition coefficient (Wildman–Crippen LogP) is 5.04. The van der Waals surface area contributed by atoms with Crippen LogP contribution < -0.4 is 0 Å². The number of esters is 1. The second kappa shape index (κ2) is 10.4. The van der Waals surface area contributed by atoms with E-state index in [1.807, 2.05) is 32.0 Å². The van der Waals surface area contributed by atoms with Crippen LogP contribution in [0.5, 0.6) is 0 Å². The van der Waals surface area contributed by atoms with Gasteiger partial charge in [-0.15, -0.1) is 0 Å². The van der Waals surface area contributed by atoms with Crippen molar-refractivity contribution < 1.29 is 19.1 Å². The highest BCUT2D eigenvalue weighted by molar-refractivity contribution is 5.91. The van der Waals surface area contributed by atoms with Gasteiger partial charge in [-0.3, -0.25) is 14.4 Å². The standard InChI is InChI=1S/C26H36O4/c1-4-30-26(29)21(14-13-19-9-6-5-7-10-19)15-17(2)25(28)24-22-12-8-11-20(22)16-23(24)18(3)27/h5-7,9-10,17,20-24H,4,8,11-16H2,1-3H3. The highest BCUT2D eigenvalue weighted by atomic mass is 16.5. The largest absolute Gasteiger partial charge is 0.466 e. The van der Waals surface area contributed by atoms with Crippen LogP contribution in [-0.4, -0.2) is 24.1 Å². The Morgan fingerprint density at radius 1 is 1.13 bits per heavy atom. The van der Waals surface area contributed by atoms with Crippen LogP contribution >= 0.6 is 0 Å². The molecule has 0 radical (unpaired) electrons. The van der Waals surface area contributed by atoms with Crippen LogP contribution in [0, 0.1) is 35.5 Å². The van der Waals surface area contributed by atoms with Gasteiger partial charge in [0.25, 0.3) is 0 Å². The quantitative estimate of drug-likeness (QED) is 0.505. The van der Waals surface area contributed by atoms with Crippen molar-refractivity contribution in [1.82, 2.24) is 0 Å². The number of ketones is 2. The summed E-state index contributed by atoms with van der Waals surface area (Å²) in [6.07, 6.45) is 6.22. The van der Waals surface area contributed by atoms with Crippen molar-refractivity contribution in [3.05, 3.63) is 35.9 Å². The molecule has 6 unspecified atom stereocenters. The Labute approximate surface area is 180 Å². The van der Waals surface area contributed by atoms with E-state index in [1.54, 1.807) is 6.92 Å². The van der Waals surface area contributed by atoms with Crippen molar-refractivity contribution in [2.24, 2.45) is 35.5 Å². The van der Waals surface area contributed by atoms with Crippen LogP contribution in [0.2, 0.25) is 0 Å². The van der Waals surface area contributed by atoms with Gasteiger partial charge in [0.2, 0.25) is 0 Å². The molecule has 0 aliphatic heterocycles. The second-order valence-electron chi connectivity index (χ2n) is 9.35. The fourth-order valence-corrected chi connectivity index (χ4v) is 5.88. The lowest BCUT2D eigenvalue weighted by atomic mass is 9.76. The number of fused-ring (bicyclic) bond motifs is 1. The molecule has 0 heterocycles. The monoisotopic (exact) mass is 412 g/mol. The maximum Gasteiger partial charge on any atom is 0.308 e. The van der Waals surface area contributed by atoms with E-state index in [0.717, 1.165) is 25.7 Å². The van der Waals surface area contributed by atoms with E-state index < -0.39 is 0 Å². The molecule has 0 amide bonds. The Morgan fingerprint density at radius 2 is 1.87 bits per heavy atom. The summed E-state index contributed by atoms with van der Waals surface area (Å²) in [5.41, 5.74) is 1.19. The maximum absolute atomic E-state index is 13.5. The normalized spacial score (nSPS) is 27.3. The third-order valence-corrected chi connectivity index (χ3v) is 7.39. The van der Waals surface area contributed by atoms with E-state index in [2.05, 4.69) is 12.1 Å². The molecular formula is C26H36O4. The molecule has 2 fully saturated rings. The number of Topliss-reactive ketones (excluding diaryl/α,β-unsaturated/α-hetero) is 2. The van der Waals surface area contributed by atoms with Crippen LogP contribution in [0.4, 0.5) is 0 Å². The average molecular weight is 413 g/mol. The topological polar surface area (TPSA) is 60.4 Å². The molecule has 0 aromatic heterocycles. The summed E-state index contributed by atoms with van der Waals surface area (Å²) in [7, 11) is 0. The van der Waals surface area contributed by atoms with Gasteiger partial charge in [-0.25, -0.2) is 0 Å². The highest BCUT2D eigenvalue weighted by Gasteiger charge is 2.50. The summed E-state index contributed by atoms with van der Waals surface area (Å²) < 4.78 is 5.32. The van der Waals surface area contributed by atoms with E-state index in [-0.39, 0.29) is 41.2 Å². The highest BCUT2D eigenvalue weighted by Crippen LogP contribution is 2.52. The van der Waals surface area contributed by atoms with Crippen LogP contribution in [0.15, 0.2) is 30.3 Å². The van der Waals surface area contributed by atoms with Crippen LogP contribution in [-0.2, 0) is 25.5 Å². The number of carbonyl (C=O) groups excluding carboxylic acids is 3. The van der Waals surface area contributed by atoms with Gasteiger partial charge in [-0.05, 0) is 63.4 Å². The van der Waals surface area contributed by atoms with E-state index in [1.165, 1.54) is 12.0 Å². The number of aryl methyl sites for hydroxylation is 1. The molecule has 0 bridgehead atoms. The SMILES string of the molecule is CCOC(=O)C(CCc1ccccc1)CC(C)C(=O)C1C(C(C)=O)CC2CCCC21. The van der Waals surface area contributed by atoms with Crippen molar-refractivity contribution in [2.75, 3.05) is 6.61 Å². The molecular weight excluding hydrogens is 376 g/mol. The molecule has 164 valence electrons. The lowest BCUT2D eigenvalue weighted by molar-refractivity contribution is -0.149. The van der Waals surface area contributed by atoms with Gasteiger partial charge in [0, 0.05) is 17.8 Å². The van der Waals surface area contributed by atoms with Gasteiger partial charge < -0.3 is 4.74 Å². The first-order valence-corrected chi connectivity index (χ1v) is 11.7. The van der Waals surface area contributed by atoms with Gasteiger partial charge in [0.1, 0.15) is 11.6 Å². The first kappa shape index (κ1) is 22.7. The minimum absolute atomic E-state index is 0.124. The summed E-state index contributed by atoms with van der Waals surface area (Å²) in [4.78, 5) is 38.4. The molecule has 1 aromatic carbocycles. The fourth-order valence-electron chi connectivity index (χ4n) is 5.88. The Morgan fingerprint density at radius 3 is 2.53 bits per heavy atom. The number of rotatable bonds is 10. The Bertz CT molecular complexity index is 741. The van der Waals surface area contributed by atoms with E-state index in [4.69, 9.17) is 4.74 Å². The van der Waals surface area contributed by atoms with Crippen molar-refractivity contribution in [1.29, 1.82) is 0 Å². The van der Waals surface area contributed by atoms with Gasteiger partial charge in [-0.2, -0.15) is 0 Å². The van der Waals surface area contributed by atoms with Gasteiger partial charge in [0.15, 0.2) is 0 Å². The molecule has 4 nitrogen and oxygen atoms in total. The Balaban J connectivity index is 1.68. The minimum atomic E-state index is -0.291. The van der Waals surface area contributed by atoms with Crippen LogP contribution in [0.1, 0.15) is 64.9 Å². The molecule has 0 spiro atoms. The van der Waals surface area contributed by atoms with Crippen LogP contribution in [0.25, 0.3) is 0 Å². The van der Waals surface area contributed by atoms with Crippen molar-refractivity contribution in [3.63, 3.8) is 0 Å². The smallest absolute Gasteiger partial charge is 0.308 e. The number of benzene rings is 1.